The summed E-state index contributed by atoms with van der Waals surface area (Å²) in [6, 6.07) is 17.3. The lowest BCUT2D eigenvalue weighted by Gasteiger charge is -2.31. The van der Waals surface area contributed by atoms with Crippen molar-refractivity contribution in [2.75, 3.05) is 18.4 Å². The normalized spacial score (nSPS) is 15.8. The number of benzene rings is 2. The average Bonchev–Trinajstić information content (AvgIpc) is 2.69. The van der Waals surface area contributed by atoms with Gasteiger partial charge < -0.3 is 5.32 Å². The number of amides is 1. The predicted molar refractivity (Wildman–Crippen MR) is 102 cm³/mol. The van der Waals surface area contributed by atoms with E-state index in [1.54, 1.807) is 54.6 Å². The first-order chi connectivity index (χ1) is 13.0. The maximum absolute atomic E-state index is 12.6. The number of anilines is 1. The molecule has 140 valence electrons. The number of nitrogens with zero attached hydrogens (tertiary/aromatic N) is 2. The van der Waals surface area contributed by atoms with Crippen molar-refractivity contribution in [1.82, 2.24) is 4.31 Å². The number of hydrogen-bond donors (Lipinski definition) is 1. The summed E-state index contributed by atoms with van der Waals surface area (Å²) in [4.78, 5) is 12.6. The van der Waals surface area contributed by atoms with E-state index in [-0.39, 0.29) is 11.8 Å². The van der Waals surface area contributed by atoms with Crippen molar-refractivity contribution in [3.63, 3.8) is 0 Å². The molecule has 0 aliphatic carbocycles. The molecule has 1 aliphatic heterocycles. The van der Waals surface area contributed by atoms with Crippen molar-refractivity contribution in [2.45, 2.75) is 24.2 Å². The van der Waals surface area contributed by atoms with E-state index in [1.807, 2.05) is 0 Å². The van der Waals surface area contributed by atoms with Gasteiger partial charge in [-0.05, 0) is 43.0 Å². The Morgan fingerprint density at radius 1 is 1.07 bits per heavy atom. The zero-order valence-corrected chi connectivity index (χ0v) is 15.7. The Hall–Kier alpha value is -2.69. The molecule has 7 heteroatoms. The summed E-state index contributed by atoms with van der Waals surface area (Å²) in [5.41, 5.74) is 0.934. The van der Waals surface area contributed by atoms with Crippen molar-refractivity contribution in [3.05, 3.63) is 60.2 Å². The third-order valence-electron chi connectivity index (χ3n) is 4.75. The first-order valence-electron chi connectivity index (χ1n) is 8.85. The van der Waals surface area contributed by atoms with E-state index in [1.165, 1.54) is 4.31 Å². The molecule has 1 aliphatic rings. The summed E-state index contributed by atoms with van der Waals surface area (Å²) >= 11 is 0. The third kappa shape index (κ3) is 4.54. The molecule has 2 aromatic rings. The monoisotopic (exact) mass is 383 g/mol. The van der Waals surface area contributed by atoms with Crippen LogP contribution in [0.5, 0.6) is 0 Å². The lowest BCUT2D eigenvalue weighted by atomic mass is 9.94. The quantitative estimate of drug-likeness (QED) is 0.859. The van der Waals surface area contributed by atoms with Crippen molar-refractivity contribution in [1.29, 1.82) is 5.26 Å². The van der Waals surface area contributed by atoms with Gasteiger partial charge in [-0.1, -0.05) is 30.3 Å². The summed E-state index contributed by atoms with van der Waals surface area (Å²) in [7, 11) is -3.47. The van der Waals surface area contributed by atoms with Crippen LogP contribution < -0.4 is 5.32 Å². The second kappa shape index (κ2) is 8.33. The van der Waals surface area contributed by atoms with E-state index in [9.17, 15) is 13.2 Å². The Balaban J connectivity index is 1.55. The summed E-state index contributed by atoms with van der Waals surface area (Å²) < 4.78 is 26.8. The minimum absolute atomic E-state index is 0.126. The van der Waals surface area contributed by atoms with Crippen molar-refractivity contribution in [3.8, 4) is 6.07 Å². The largest absolute Gasteiger partial charge is 0.325 e. The van der Waals surface area contributed by atoms with E-state index in [0.29, 0.717) is 48.5 Å². The highest BCUT2D eigenvalue weighted by Crippen LogP contribution is 2.26. The molecule has 0 bridgehead atoms. The first-order valence-corrected chi connectivity index (χ1v) is 10.3. The number of sulfonamides is 1. The number of carbonyl (C=O) groups is 1. The molecule has 6 nitrogen and oxygen atoms in total. The highest BCUT2D eigenvalue weighted by molar-refractivity contribution is 7.89. The van der Waals surface area contributed by atoms with Crippen LogP contribution in [0, 0.1) is 17.2 Å². The van der Waals surface area contributed by atoms with Crippen LogP contribution in [-0.4, -0.2) is 31.7 Å². The van der Waals surface area contributed by atoms with E-state index in [4.69, 9.17) is 5.26 Å². The van der Waals surface area contributed by atoms with Crippen molar-refractivity contribution in [2.24, 2.45) is 5.92 Å². The maximum Gasteiger partial charge on any atom is 0.243 e. The Morgan fingerprint density at radius 3 is 2.37 bits per heavy atom. The van der Waals surface area contributed by atoms with Crippen LogP contribution in [0.2, 0.25) is 0 Å². The molecule has 0 aromatic heterocycles. The van der Waals surface area contributed by atoms with E-state index in [0.717, 1.165) is 0 Å². The minimum Gasteiger partial charge on any atom is -0.325 e. The summed E-state index contributed by atoms with van der Waals surface area (Å²) in [6.07, 6.45) is 1.59. The molecule has 3 rings (SSSR count). The Morgan fingerprint density at radius 2 is 1.70 bits per heavy atom. The molecule has 0 radical (unpaired) electrons. The van der Waals surface area contributed by atoms with Gasteiger partial charge in [0.15, 0.2) is 0 Å². The van der Waals surface area contributed by atoms with Gasteiger partial charge in [-0.3, -0.25) is 4.79 Å². The molecule has 1 amide bonds. The van der Waals surface area contributed by atoms with Crippen molar-refractivity contribution < 1.29 is 13.2 Å². The minimum atomic E-state index is -3.47. The van der Waals surface area contributed by atoms with Crippen LogP contribution in [0.1, 0.15) is 24.8 Å². The Kier molecular flexibility index (Phi) is 5.89. The second-order valence-electron chi connectivity index (χ2n) is 6.57. The SMILES string of the molecule is N#Cc1ccccc1NC(=O)CC1CCN(S(=O)(=O)c2ccccc2)CC1. The molecule has 1 saturated heterocycles. The number of piperidine rings is 1. The molecule has 0 atom stereocenters. The number of nitriles is 1. The van der Waals surface area contributed by atoms with Gasteiger partial charge in [-0.15, -0.1) is 0 Å². The van der Waals surface area contributed by atoms with Gasteiger partial charge in [0.25, 0.3) is 0 Å². The first kappa shape index (κ1) is 19.1. The van der Waals surface area contributed by atoms with Crippen molar-refractivity contribution >= 4 is 21.6 Å². The molecule has 2 aromatic carbocycles. The summed E-state index contributed by atoms with van der Waals surface area (Å²) in [6.45, 7) is 0.813. The average molecular weight is 383 g/mol. The molecular weight excluding hydrogens is 362 g/mol. The Labute approximate surface area is 159 Å². The molecule has 1 heterocycles. The lowest BCUT2D eigenvalue weighted by molar-refractivity contribution is -0.117. The van der Waals surface area contributed by atoms with Gasteiger partial charge in [0, 0.05) is 19.5 Å². The van der Waals surface area contributed by atoms with Gasteiger partial charge in [0.1, 0.15) is 6.07 Å². The molecule has 1 N–H and O–H groups in total. The number of carbonyl (C=O) groups excluding carboxylic acids is 1. The maximum atomic E-state index is 12.6. The van der Waals surface area contributed by atoms with Crippen LogP contribution in [0.15, 0.2) is 59.5 Å². The van der Waals surface area contributed by atoms with Crippen LogP contribution >= 0.6 is 0 Å². The fourth-order valence-corrected chi connectivity index (χ4v) is 4.74. The molecule has 0 saturated carbocycles. The molecule has 1 fully saturated rings. The van der Waals surface area contributed by atoms with Crippen LogP contribution in [0.25, 0.3) is 0 Å². The summed E-state index contributed by atoms with van der Waals surface area (Å²) in [5, 5.41) is 11.9. The zero-order valence-electron chi connectivity index (χ0n) is 14.8. The van der Waals surface area contributed by atoms with Gasteiger partial charge in [0.05, 0.1) is 16.1 Å². The van der Waals surface area contributed by atoms with E-state index in [2.05, 4.69) is 11.4 Å². The van der Waals surface area contributed by atoms with Gasteiger partial charge in [-0.25, -0.2) is 8.42 Å². The zero-order chi connectivity index (χ0) is 19.3. The lowest BCUT2D eigenvalue weighted by Crippen LogP contribution is -2.39. The molecular formula is C20H21N3O3S. The number of nitrogens with one attached hydrogen (secondary N) is 1. The van der Waals surface area contributed by atoms with Gasteiger partial charge in [0.2, 0.25) is 15.9 Å². The predicted octanol–water partition coefficient (Wildman–Crippen LogP) is 2.99. The van der Waals surface area contributed by atoms with Gasteiger partial charge >= 0.3 is 0 Å². The Bertz CT molecular complexity index is 944. The second-order valence-corrected chi connectivity index (χ2v) is 8.51. The molecule has 0 spiro atoms. The van der Waals surface area contributed by atoms with Crippen LogP contribution in [0.4, 0.5) is 5.69 Å². The number of hydrogen-bond acceptors (Lipinski definition) is 4. The number of para-hydroxylation sites is 1. The topological polar surface area (TPSA) is 90.3 Å². The highest BCUT2D eigenvalue weighted by atomic mass is 32.2. The fraction of sp³-hybridized carbons (Fsp3) is 0.300. The van der Waals surface area contributed by atoms with Gasteiger partial charge in [-0.2, -0.15) is 9.57 Å². The third-order valence-corrected chi connectivity index (χ3v) is 6.66. The number of rotatable bonds is 5. The van der Waals surface area contributed by atoms with E-state index < -0.39 is 10.0 Å². The molecule has 27 heavy (non-hydrogen) atoms. The van der Waals surface area contributed by atoms with Crippen LogP contribution in [0.3, 0.4) is 0 Å². The smallest absolute Gasteiger partial charge is 0.243 e. The standard InChI is InChI=1S/C20H21N3O3S/c21-15-17-6-4-5-9-19(17)22-20(24)14-16-10-12-23(13-11-16)27(25,26)18-7-2-1-3-8-18/h1-9,16H,10-14H2,(H,22,24). The van der Waals surface area contributed by atoms with E-state index >= 15 is 0 Å². The highest BCUT2D eigenvalue weighted by Gasteiger charge is 2.30. The fourth-order valence-electron chi connectivity index (χ4n) is 3.25. The summed E-state index contributed by atoms with van der Waals surface area (Å²) in [5.74, 6) is -0.0245. The van der Waals surface area contributed by atoms with Crippen LogP contribution in [-0.2, 0) is 14.8 Å². The molecule has 0 unspecified atom stereocenters.